The van der Waals surface area contributed by atoms with Crippen molar-refractivity contribution in [3.63, 3.8) is 0 Å². The van der Waals surface area contributed by atoms with Crippen molar-refractivity contribution >= 4 is 22.5 Å². The van der Waals surface area contributed by atoms with E-state index in [4.69, 9.17) is 0 Å². The first-order valence-corrected chi connectivity index (χ1v) is 8.12. The number of amides is 1. The van der Waals surface area contributed by atoms with Crippen molar-refractivity contribution in [1.82, 2.24) is 14.8 Å². The van der Waals surface area contributed by atoms with E-state index in [1.165, 1.54) is 0 Å². The van der Waals surface area contributed by atoms with Crippen LogP contribution in [0.2, 0.25) is 0 Å². The maximum atomic E-state index is 12.6. The number of H-pyrrole nitrogens is 1. The van der Waals surface area contributed by atoms with Crippen LogP contribution < -0.4 is 5.32 Å². The molecule has 2 heterocycles. The van der Waals surface area contributed by atoms with Gasteiger partial charge in [0.1, 0.15) is 0 Å². The standard InChI is InChI=1S/C20H18N4O/c1-13-10-14(2)24(23-13)18-5-3-4-16(11-18)20(25)22-17-7-6-15-8-9-21-19(15)12-17/h3-12,21H,1-2H3,(H,22,25). The molecule has 0 aliphatic heterocycles. The molecule has 0 aliphatic rings. The van der Waals surface area contributed by atoms with Crippen LogP contribution in [0.1, 0.15) is 21.7 Å². The lowest BCUT2D eigenvalue weighted by Gasteiger charge is -2.08. The molecule has 5 heteroatoms. The average molecular weight is 330 g/mol. The van der Waals surface area contributed by atoms with Crippen LogP contribution in [0, 0.1) is 13.8 Å². The first-order valence-electron chi connectivity index (χ1n) is 8.12. The number of aryl methyl sites for hydroxylation is 2. The Kier molecular flexibility index (Phi) is 3.61. The number of hydrogen-bond acceptors (Lipinski definition) is 2. The summed E-state index contributed by atoms with van der Waals surface area (Å²) in [5, 5.41) is 8.54. The molecule has 0 saturated carbocycles. The van der Waals surface area contributed by atoms with Gasteiger partial charge in [-0.1, -0.05) is 12.1 Å². The summed E-state index contributed by atoms with van der Waals surface area (Å²) in [6.07, 6.45) is 1.88. The third-order valence-corrected chi connectivity index (χ3v) is 4.18. The largest absolute Gasteiger partial charge is 0.361 e. The summed E-state index contributed by atoms with van der Waals surface area (Å²) in [6, 6.07) is 17.3. The summed E-state index contributed by atoms with van der Waals surface area (Å²) in [5.41, 5.74) is 5.21. The van der Waals surface area contributed by atoms with Gasteiger partial charge in [-0.3, -0.25) is 4.79 Å². The maximum Gasteiger partial charge on any atom is 0.255 e. The van der Waals surface area contributed by atoms with Gasteiger partial charge >= 0.3 is 0 Å². The van der Waals surface area contributed by atoms with E-state index in [-0.39, 0.29) is 5.91 Å². The van der Waals surface area contributed by atoms with E-state index in [1.807, 2.05) is 73.3 Å². The van der Waals surface area contributed by atoms with E-state index in [9.17, 15) is 4.79 Å². The highest BCUT2D eigenvalue weighted by atomic mass is 16.1. The molecule has 0 unspecified atom stereocenters. The summed E-state index contributed by atoms with van der Waals surface area (Å²) in [5.74, 6) is -0.144. The molecule has 1 amide bonds. The highest BCUT2D eigenvalue weighted by Gasteiger charge is 2.10. The van der Waals surface area contributed by atoms with Gasteiger partial charge in [0.05, 0.1) is 11.4 Å². The molecule has 2 N–H and O–H groups in total. The molecule has 4 rings (SSSR count). The first-order chi connectivity index (χ1) is 12.1. The molecule has 0 saturated heterocycles. The molecule has 0 radical (unpaired) electrons. The molecule has 0 fully saturated rings. The molecule has 0 spiro atoms. The molecule has 0 atom stereocenters. The van der Waals surface area contributed by atoms with Crippen molar-refractivity contribution in [3.05, 3.63) is 77.7 Å². The van der Waals surface area contributed by atoms with Crippen LogP contribution in [0.15, 0.2) is 60.8 Å². The number of aromatic amines is 1. The summed E-state index contributed by atoms with van der Waals surface area (Å²) in [4.78, 5) is 15.8. The van der Waals surface area contributed by atoms with Gasteiger partial charge in [-0.25, -0.2) is 4.68 Å². The van der Waals surface area contributed by atoms with Crippen molar-refractivity contribution in [2.45, 2.75) is 13.8 Å². The lowest BCUT2D eigenvalue weighted by Crippen LogP contribution is -2.12. The van der Waals surface area contributed by atoms with E-state index < -0.39 is 0 Å². The SMILES string of the molecule is Cc1cc(C)n(-c2cccc(C(=O)Nc3ccc4cc[nH]c4c3)c2)n1. The Hall–Kier alpha value is -3.34. The van der Waals surface area contributed by atoms with E-state index >= 15 is 0 Å². The van der Waals surface area contributed by atoms with Gasteiger partial charge in [0, 0.05) is 28.7 Å². The molecular weight excluding hydrogens is 312 g/mol. The number of carbonyl (C=O) groups is 1. The Morgan fingerprint density at radius 3 is 2.76 bits per heavy atom. The molecule has 2 aromatic carbocycles. The second kappa shape index (κ2) is 5.94. The van der Waals surface area contributed by atoms with Crippen molar-refractivity contribution < 1.29 is 4.79 Å². The molecule has 0 bridgehead atoms. The van der Waals surface area contributed by atoms with E-state index in [0.717, 1.165) is 33.7 Å². The van der Waals surface area contributed by atoms with Gasteiger partial charge in [-0.15, -0.1) is 0 Å². The zero-order valence-corrected chi connectivity index (χ0v) is 14.1. The fourth-order valence-corrected chi connectivity index (χ4v) is 3.00. The van der Waals surface area contributed by atoms with Crippen molar-refractivity contribution in [2.75, 3.05) is 5.32 Å². The minimum absolute atomic E-state index is 0.144. The van der Waals surface area contributed by atoms with Gasteiger partial charge in [0.25, 0.3) is 5.91 Å². The Labute approximate surface area is 145 Å². The lowest BCUT2D eigenvalue weighted by atomic mass is 10.1. The normalized spacial score (nSPS) is 11.0. The van der Waals surface area contributed by atoms with Crippen molar-refractivity contribution in [2.24, 2.45) is 0 Å². The van der Waals surface area contributed by atoms with Crippen LogP contribution in [0.4, 0.5) is 5.69 Å². The van der Waals surface area contributed by atoms with Gasteiger partial charge < -0.3 is 10.3 Å². The summed E-state index contributed by atoms with van der Waals surface area (Å²) in [7, 11) is 0. The zero-order chi connectivity index (χ0) is 17.4. The Bertz CT molecular complexity index is 1070. The van der Waals surface area contributed by atoms with Gasteiger partial charge in [-0.05, 0) is 61.7 Å². The van der Waals surface area contributed by atoms with Gasteiger partial charge in [0.2, 0.25) is 0 Å². The molecule has 5 nitrogen and oxygen atoms in total. The van der Waals surface area contributed by atoms with Crippen molar-refractivity contribution in [3.8, 4) is 5.69 Å². The molecule has 124 valence electrons. The van der Waals surface area contributed by atoms with Crippen LogP contribution in [0.5, 0.6) is 0 Å². The average Bonchev–Trinajstić information content (AvgIpc) is 3.20. The number of aromatic nitrogens is 3. The number of carbonyl (C=O) groups excluding carboxylic acids is 1. The predicted octanol–water partition coefficient (Wildman–Crippen LogP) is 4.22. The van der Waals surface area contributed by atoms with E-state index in [2.05, 4.69) is 15.4 Å². The molecule has 0 aliphatic carbocycles. The second-order valence-electron chi connectivity index (χ2n) is 6.12. The van der Waals surface area contributed by atoms with Gasteiger partial charge in [-0.2, -0.15) is 5.10 Å². The first kappa shape index (κ1) is 15.2. The third-order valence-electron chi connectivity index (χ3n) is 4.18. The summed E-state index contributed by atoms with van der Waals surface area (Å²) >= 11 is 0. The summed E-state index contributed by atoms with van der Waals surface area (Å²) < 4.78 is 1.84. The molecule has 4 aromatic rings. The van der Waals surface area contributed by atoms with Crippen LogP contribution in [0.3, 0.4) is 0 Å². The van der Waals surface area contributed by atoms with Crippen LogP contribution in [-0.4, -0.2) is 20.7 Å². The number of hydrogen-bond donors (Lipinski definition) is 2. The topological polar surface area (TPSA) is 62.7 Å². The monoisotopic (exact) mass is 330 g/mol. The van der Waals surface area contributed by atoms with E-state index in [0.29, 0.717) is 5.56 Å². The smallest absolute Gasteiger partial charge is 0.255 e. The number of nitrogens with one attached hydrogen (secondary N) is 2. The van der Waals surface area contributed by atoms with Crippen LogP contribution in [-0.2, 0) is 0 Å². The number of anilines is 1. The zero-order valence-electron chi connectivity index (χ0n) is 14.1. The lowest BCUT2D eigenvalue weighted by molar-refractivity contribution is 0.102. The van der Waals surface area contributed by atoms with Crippen LogP contribution >= 0.6 is 0 Å². The summed E-state index contributed by atoms with van der Waals surface area (Å²) in [6.45, 7) is 3.95. The Balaban J connectivity index is 1.61. The molecular formula is C20H18N4O. The number of rotatable bonds is 3. The highest BCUT2D eigenvalue weighted by molar-refractivity contribution is 6.05. The third kappa shape index (κ3) is 2.92. The fraction of sp³-hybridized carbons (Fsp3) is 0.100. The molecule has 25 heavy (non-hydrogen) atoms. The number of nitrogens with zero attached hydrogens (tertiary/aromatic N) is 2. The minimum Gasteiger partial charge on any atom is -0.361 e. The van der Waals surface area contributed by atoms with E-state index in [1.54, 1.807) is 6.07 Å². The maximum absolute atomic E-state index is 12.6. The fourth-order valence-electron chi connectivity index (χ4n) is 3.00. The number of fused-ring (bicyclic) bond motifs is 1. The van der Waals surface area contributed by atoms with Crippen molar-refractivity contribution in [1.29, 1.82) is 0 Å². The van der Waals surface area contributed by atoms with Gasteiger partial charge in [0.15, 0.2) is 0 Å². The Morgan fingerprint density at radius 1 is 1.08 bits per heavy atom. The minimum atomic E-state index is -0.144. The predicted molar refractivity (Wildman–Crippen MR) is 99.3 cm³/mol. The quantitative estimate of drug-likeness (QED) is 0.591. The van der Waals surface area contributed by atoms with Crippen LogP contribution in [0.25, 0.3) is 16.6 Å². The second-order valence-corrected chi connectivity index (χ2v) is 6.12. The molecule has 2 aromatic heterocycles. The Morgan fingerprint density at radius 2 is 1.96 bits per heavy atom. The number of benzene rings is 2. The highest BCUT2D eigenvalue weighted by Crippen LogP contribution is 2.19.